The van der Waals surface area contributed by atoms with Crippen LogP contribution in [0.15, 0.2) is 61.6 Å². The van der Waals surface area contributed by atoms with Crippen LogP contribution in [0.3, 0.4) is 0 Å². The number of nitrogens with one attached hydrogen (secondary N) is 4. The second-order valence-corrected chi connectivity index (χ2v) is 18.3. The standard InChI is InChI=1S/C46H63N9O7/c1-7-16-32(37(56)42(60)49-29(3)30-17-11-9-12-18-30)50-40(58)35-26-46(54-25-15-21-34(54)43(61)55(46)24-8-2)28-53(35)44(62)38(45(4,5)6)52-41(59)36(31-19-13-10-14-20-31)51-39(57)33-27-47-22-23-48-33/h8-9,11-12,17-18,22-23,27,29,31-32,34-36,38H,2,7,10,13-16,19-21,24-26,28H2,1,3-6H3,(H,49,60)(H,50,58)(H,51,57)(H,52,59)/t29-,32?,34?,35-,36-,38+,46?/m0/s1. The number of Topliss-reactive ketones (excluding diaryl/α,β-unsaturated/α-hetero) is 1. The number of fused-ring (bicyclic) bond motifs is 2. The van der Waals surface area contributed by atoms with Crippen molar-refractivity contribution in [3.8, 4) is 0 Å². The summed E-state index contributed by atoms with van der Waals surface area (Å²) in [5, 5.41) is 11.5. The van der Waals surface area contributed by atoms with Gasteiger partial charge in [-0.1, -0.05) is 89.8 Å². The van der Waals surface area contributed by atoms with Crippen molar-refractivity contribution >= 4 is 41.2 Å². The highest BCUT2D eigenvalue weighted by Gasteiger charge is 2.64. The van der Waals surface area contributed by atoms with Crippen LogP contribution < -0.4 is 21.3 Å². The summed E-state index contributed by atoms with van der Waals surface area (Å²) in [6.45, 7) is 13.7. The molecule has 0 radical (unpaired) electrons. The van der Waals surface area contributed by atoms with Crippen molar-refractivity contribution in [2.24, 2.45) is 11.3 Å². The summed E-state index contributed by atoms with van der Waals surface area (Å²) in [6, 6.07) is 3.78. The first-order chi connectivity index (χ1) is 29.6. The number of amides is 6. The third-order valence-electron chi connectivity index (χ3n) is 13.0. The lowest BCUT2D eigenvalue weighted by atomic mass is 9.82. The average molecular weight is 854 g/mol. The van der Waals surface area contributed by atoms with Crippen LogP contribution in [0.25, 0.3) is 0 Å². The number of nitrogens with zero attached hydrogens (tertiary/aromatic N) is 5. The maximum Gasteiger partial charge on any atom is 0.290 e. The lowest BCUT2D eigenvalue weighted by molar-refractivity contribution is -0.145. The topological polar surface area (TPSA) is 203 Å². The minimum Gasteiger partial charge on any atom is -0.344 e. The van der Waals surface area contributed by atoms with E-state index in [-0.39, 0.29) is 43.5 Å². The minimum atomic E-state index is -1.19. The summed E-state index contributed by atoms with van der Waals surface area (Å²) in [5.41, 5.74) is -1.10. The molecule has 3 saturated heterocycles. The Hall–Kier alpha value is -5.51. The molecule has 1 aliphatic carbocycles. The zero-order valence-corrected chi connectivity index (χ0v) is 36.7. The molecular weight excluding hydrogens is 791 g/mol. The van der Waals surface area contributed by atoms with Gasteiger partial charge < -0.3 is 31.1 Å². The van der Waals surface area contributed by atoms with Gasteiger partial charge in [-0.2, -0.15) is 0 Å². The van der Waals surface area contributed by atoms with Gasteiger partial charge in [0.2, 0.25) is 29.4 Å². The lowest BCUT2D eigenvalue weighted by Gasteiger charge is -2.40. The van der Waals surface area contributed by atoms with E-state index >= 15 is 4.79 Å². The van der Waals surface area contributed by atoms with Gasteiger partial charge in [0.25, 0.3) is 11.8 Å². The second-order valence-electron chi connectivity index (χ2n) is 18.3. The van der Waals surface area contributed by atoms with Crippen LogP contribution in [0, 0.1) is 11.3 Å². The Morgan fingerprint density at radius 2 is 1.68 bits per heavy atom. The predicted molar refractivity (Wildman–Crippen MR) is 231 cm³/mol. The minimum absolute atomic E-state index is 0.0363. The van der Waals surface area contributed by atoms with Crippen molar-refractivity contribution in [3.63, 3.8) is 0 Å². The molecule has 1 saturated carbocycles. The highest BCUT2D eigenvalue weighted by molar-refractivity contribution is 6.38. The maximum absolute atomic E-state index is 15.3. The molecule has 3 aliphatic heterocycles. The summed E-state index contributed by atoms with van der Waals surface area (Å²) in [4.78, 5) is 113. The quantitative estimate of drug-likeness (QED) is 0.144. The number of benzene rings is 1. The molecule has 4 heterocycles. The van der Waals surface area contributed by atoms with Gasteiger partial charge in [0.05, 0.1) is 30.9 Å². The van der Waals surface area contributed by atoms with Gasteiger partial charge in [-0.25, -0.2) is 4.98 Å². The Balaban J connectivity index is 1.31. The molecule has 6 amide bonds. The molecule has 4 aliphatic rings. The van der Waals surface area contributed by atoms with Gasteiger partial charge in [0.15, 0.2) is 0 Å². The first kappa shape index (κ1) is 46.0. The van der Waals surface area contributed by atoms with Gasteiger partial charge in [-0.3, -0.25) is 43.4 Å². The molecule has 6 rings (SSSR count). The van der Waals surface area contributed by atoms with Crippen molar-refractivity contribution in [1.29, 1.82) is 0 Å². The molecule has 62 heavy (non-hydrogen) atoms. The largest absolute Gasteiger partial charge is 0.344 e. The number of carbonyl (C=O) groups excluding carboxylic acids is 7. The molecule has 4 fully saturated rings. The van der Waals surface area contributed by atoms with Crippen molar-refractivity contribution in [2.75, 3.05) is 19.6 Å². The third kappa shape index (κ3) is 9.74. The van der Waals surface area contributed by atoms with Gasteiger partial charge >= 0.3 is 0 Å². The Morgan fingerprint density at radius 1 is 0.952 bits per heavy atom. The van der Waals surface area contributed by atoms with Crippen LogP contribution in [0.5, 0.6) is 0 Å². The fourth-order valence-corrected chi connectivity index (χ4v) is 9.81. The fourth-order valence-electron chi connectivity index (χ4n) is 9.81. The van der Waals surface area contributed by atoms with E-state index in [0.717, 1.165) is 31.2 Å². The highest BCUT2D eigenvalue weighted by Crippen LogP contribution is 2.46. The van der Waals surface area contributed by atoms with E-state index in [1.165, 1.54) is 23.5 Å². The van der Waals surface area contributed by atoms with Gasteiger partial charge in [0, 0.05) is 31.9 Å². The van der Waals surface area contributed by atoms with E-state index in [0.29, 0.717) is 32.2 Å². The summed E-state index contributed by atoms with van der Waals surface area (Å²) >= 11 is 0. The zero-order chi connectivity index (χ0) is 44.8. The normalized spacial score (nSPS) is 23.5. The molecule has 4 N–H and O–H groups in total. The monoisotopic (exact) mass is 853 g/mol. The highest BCUT2D eigenvalue weighted by atomic mass is 16.2. The first-order valence-electron chi connectivity index (χ1n) is 22.2. The van der Waals surface area contributed by atoms with Gasteiger partial charge in [-0.15, -0.1) is 6.58 Å². The Bertz CT molecular complexity index is 1990. The van der Waals surface area contributed by atoms with E-state index in [1.807, 2.05) is 58.0 Å². The third-order valence-corrected chi connectivity index (χ3v) is 13.0. The molecule has 7 atom stereocenters. The van der Waals surface area contributed by atoms with Crippen LogP contribution in [-0.2, 0) is 28.8 Å². The van der Waals surface area contributed by atoms with Crippen LogP contribution in [-0.4, -0.2) is 121 Å². The van der Waals surface area contributed by atoms with E-state index in [1.54, 1.807) is 17.9 Å². The van der Waals surface area contributed by atoms with E-state index in [4.69, 9.17) is 0 Å². The molecule has 0 bridgehead atoms. The van der Waals surface area contributed by atoms with Crippen molar-refractivity contribution < 1.29 is 33.6 Å². The lowest BCUT2D eigenvalue weighted by Crippen LogP contribution is -2.62. The van der Waals surface area contributed by atoms with E-state index in [9.17, 15) is 28.8 Å². The molecule has 3 unspecified atom stereocenters. The smallest absolute Gasteiger partial charge is 0.290 e. The zero-order valence-electron chi connectivity index (χ0n) is 36.7. The van der Waals surface area contributed by atoms with Crippen LogP contribution in [0.2, 0.25) is 0 Å². The first-order valence-corrected chi connectivity index (χ1v) is 22.2. The Labute approximate surface area is 364 Å². The molecule has 1 spiro atoms. The van der Waals surface area contributed by atoms with E-state index < -0.39 is 82.6 Å². The SMILES string of the molecule is C=CCN1C(=O)C2CCCN2C12C[C@@H](C(=O)NC(CCC)C(=O)C(=O)N[C@@H](C)c1ccccc1)N(C(=O)[C@@H](NC(=O)[C@@H](NC(=O)c1cnccn1)C1CCCCC1)C(C)(C)C)C2. The molecule has 334 valence electrons. The number of carbonyl (C=O) groups is 7. The average Bonchev–Trinajstić information content (AvgIpc) is 3.98. The number of ketones is 1. The number of hydrogen-bond acceptors (Lipinski definition) is 10. The molecular formula is C46H63N9O7. The summed E-state index contributed by atoms with van der Waals surface area (Å²) in [5.74, 6) is -4.24. The molecule has 1 aromatic heterocycles. The predicted octanol–water partition coefficient (Wildman–Crippen LogP) is 3.21. The molecule has 1 aromatic carbocycles. The number of hydrogen-bond donors (Lipinski definition) is 4. The maximum atomic E-state index is 15.3. The van der Waals surface area contributed by atoms with E-state index in [2.05, 4.69) is 42.7 Å². The summed E-state index contributed by atoms with van der Waals surface area (Å²) < 4.78 is 0. The van der Waals surface area contributed by atoms with Crippen molar-refractivity contribution in [3.05, 3.63) is 72.8 Å². The molecule has 16 nitrogen and oxygen atoms in total. The Kier molecular flexibility index (Phi) is 14.6. The second kappa shape index (κ2) is 19.7. The van der Waals surface area contributed by atoms with Crippen LogP contribution in [0.1, 0.15) is 121 Å². The Morgan fingerprint density at radius 3 is 2.32 bits per heavy atom. The van der Waals surface area contributed by atoms with Crippen LogP contribution in [0.4, 0.5) is 0 Å². The molecule has 2 aromatic rings. The fraction of sp³-hybridized carbons (Fsp3) is 0.587. The number of likely N-dealkylation sites (tertiary alicyclic amines) is 1. The molecule has 16 heteroatoms. The number of rotatable bonds is 16. The summed E-state index contributed by atoms with van der Waals surface area (Å²) in [6.07, 6.45) is 12.1. The van der Waals surface area contributed by atoms with Gasteiger partial charge in [0.1, 0.15) is 29.5 Å². The van der Waals surface area contributed by atoms with Crippen molar-refractivity contribution in [2.45, 2.75) is 141 Å². The van der Waals surface area contributed by atoms with Crippen LogP contribution >= 0.6 is 0 Å². The van der Waals surface area contributed by atoms with Gasteiger partial charge in [-0.05, 0) is 55.9 Å². The van der Waals surface area contributed by atoms with Crippen molar-refractivity contribution in [1.82, 2.24) is 45.9 Å². The summed E-state index contributed by atoms with van der Waals surface area (Å²) in [7, 11) is 0. The number of aromatic nitrogens is 2.